The first-order valence-corrected chi connectivity index (χ1v) is 12.0. The van der Waals surface area contributed by atoms with Crippen LogP contribution in [0.15, 0.2) is 71.6 Å². The Hall–Kier alpha value is -2.83. The lowest BCUT2D eigenvalue weighted by Gasteiger charge is -2.26. The van der Waals surface area contributed by atoms with Gasteiger partial charge in [-0.25, -0.2) is 8.42 Å². The van der Waals surface area contributed by atoms with Crippen molar-refractivity contribution in [2.24, 2.45) is 0 Å². The summed E-state index contributed by atoms with van der Waals surface area (Å²) in [5.74, 6) is -0.239. The second-order valence-corrected chi connectivity index (χ2v) is 9.82. The Morgan fingerprint density at radius 3 is 2.52 bits per heavy atom. The third kappa shape index (κ3) is 4.75. The van der Waals surface area contributed by atoms with E-state index >= 15 is 0 Å². The Labute approximate surface area is 187 Å². The molecule has 0 saturated heterocycles. The van der Waals surface area contributed by atoms with Crippen LogP contribution in [0.2, 0.25) is 5.02 Å². The van der Waals surface area contributed by atoms with E-state index in [2.05, 4.69) is 22.2 Å². The number of halogens is 1. The van der Waals surface area contributed by atoms with Crippen molar-refractivity contribution in [3.05, 3.63) is 94.0 Å². The third-order valence-corrected chi connectivity index (χ3v) is 7.18. The summed E-state index contributed by atoms with van der Waals surface area (Å²) in [6, 6.07) is 19.2. The van der Waals surface area contributed by atoms with Gasteiger partial charge in [-0.3, -0.25) is 9.52 Å². The second kappa shape index (κ2) is 8.73. The minimum atomic E-state index is -3.78. The monoisotopic (exact) mass is 454 g/mol. The minimum absolute atomic E-state index is 0.0454. The van der Waals surface area contributed by atoms with E-state index in [1.165, 1.54) is 29.8 Å². The Balaban J connectivity index is 1.50. The molecule has 0 saturated carbocycles. The average molecular weight is 455 g/mol. The first-order valence-electron chi connectivity index (χ1n) is 10.1. The summed E-state index contributed by atoms with van der Waals surface area (Å²) in [6.45, 7) is 1.89. The number of carbonyl (C=O) groups is 1. The fraction of sp³-hybridized carbons (Fsp3) is 0.208. The van der Waals surface area contributed by atoms with Crippen LogP contribution in [0.25, 0.3) is 0 Å². The molecular weight excluding hydrogens is 432 g/mol. The van der Waals surface area contributed by atoms with Crippen molar-refractivity contribution in [2.75, 3.05) is 4.72 Å². The van der Waals surface area contributed by atoms with Gasteiger partial charge < -0.3 is 5.32 Å². The topological polar surface area (TPSA) is 75.3 Å². The van der Waals surface area contributed by atoms with E-state index in [4.69, 9.17) is 11.6 Å². The number of hydrogen-bond donors (Lipinski definition) is 2. The summed E-state index contributed by atoms with van der Waals surface area (Å²) >= 11 is 6.31. The molecule has 1 amide bonds. The molecule has 0 aromatic heterocycles. The van der Waals surface area contributed by atoms with Crippen molar-refractivity contribution < 1.29 is 13.2 Å². The first kappa shape index (κ1) is 21.4. The molecule has 0 bridgehead atoms. The number of benzene rings is 3. The fourth-order valence-electron chi connectivity index (χ4n) is 3.81. The van der Waals surface area contributed by atoms with Crippen LogP contribution in [0.3, 0.4) is 0 Å². The van der Waals surface area contributed by atoms with Gasteiger partial charge in [-0.15, -0.1) is 0 Å². The summed E-state index contributed by atoms with van der Waals surface area (Å²) in [5.41, 5.74) is 3.98. The van der Waals surface area contributed by atoms with Gasteiger partial charge in [0.15, 0.2) is 0 Å². The van der Waals surface area contributed by atoms with E-state index in [9.17, 15) is 13.2 Å². The number of rotatable bonds is 5. The molecule has 7 heteroatoms. The molecule has 1 atom stereocenters. The number of carbonyl (C=O) groups excluding carboxylic acids is 1. The Morgan fingerprint density at radius 1 is 1.03 bits per heavy atom. The van der Waals surface area contributed by atoms with Crippen molar-refractivity contribution in [2.45, 2.75) is 37.1 Å². The van der Waals surface area contributed by atoms with Crippen LogP contribution in [0, 0.1) is 6.92 Å². The Kier molecular flexibility index (Phi) is 6.03. The van der Waals surface area contributed by atoms with Gasteiger partial charge in [0.05, 0.1) is 21.6 Å². The predicted octanol–water partition coefficient (Wildman–Crippen LogP) is 5.26. The second-order valence-electron chi connectivity index (χ2n) is 7.73. The largest absolute Gasteiger partial charge is 0.345 e. The SMILES string of the molecule is Cc1ccc(S(=O)(=O)Nc2ccc(C(=O)NC3CCCc4ccccc43)cc2Cl)cc1. The van der Waals surface area contributed by atoms with E-state index < -0.39 is 10.0 Å². The fourth-order valence-corrected chi connectivity index (χ4v) is 5.17. The quantitative estimate of drug-likeness (QED) is 0.552. The van der Waals surface area contributed by atoms with Gasteiger partial charge in [0, 0.05) is 5.56 Å². The lowest BCUT2D eigenvalue weighted by Crippen LogP contribution is -2.31. The van der Waals surface area contributed by atoms with Gasteiger partial charge in [-0.1, -0.05) is 53.6 Å². The molecule has 0 fully saturated rings. The zero-order chi connectivity index (χ0) is 22.0. The Bertz CT molecular complexity index is 1220. The van der Waals surface area contributed by atoms with Crippen LogP contribution >= 0.6 is 11.6 Å². The van der Waals surface area contributed by atoms with Crippen molar-refractivity contribution in [1.82, 2.24) is 5.32 Å². The lowest BCUT2D eigenvalue weighted by atomic mass is 9.87. The molecule has 1 aliphatic rings. The summed E-state index contributed by atoms with van der Waals surface area (Å²) < 4.78 is 27.7. The van der Waals surface area contributed by atoms with E-state index in [1.807, 2.05) is 19.1 Å². The van der Waals surface area contributed by atoms with E-state index in [-0.39, 0.29) is 27.6 Å². The average Bonchev–Trinajstić information content (AvgIpc) is 2.75. The van der Waals surface area contributed by atoms with Gasteiger partial charge in [-0.05, 0) is 67.6 Å². The molecule has 1 aliphatic carbocycles. The number of fused-ring (bicyclic) bond motifs is 1. The number of hydrogen-bond acceptors (Lipinski definition) is 3. The zero-order valence-corrected chi connectivity index (χ0v) is 18.6. The smallest absolute Gasteiger partial charge is 0.261 e. The van der Waals surface area contributed by atoms with Gasteiger partial charge in [-0.2, -0.15) is 0 Å². The molecule has 0 radical (unpaired) electrons. The van der Waals surface area contributed by atoms with Crippen LogP contribution < -0.4 is 10.0 Å². The normalized spacial score (nSPS) is 15.7. The third-order valence-electron chi connectivity index (χ3n) is 5.48. The van der Waals surface area contributed by atoms with Crippen LogP contribution in [0.5, 0.6) is 0 Å². The number of anilines is 1. The van der Waals surface area contributed by atoms with Crippen molar-refractivity contribution in [3.63, 3.8) is 0 Å². The zero-order valence-electron chi connectivity index (χ0n) is 17.1. The standard InChI is InChI=1S/C24H23ClN2O3S/c1-16-9-12-19(13-10-16)31(29,30)27-23-14-11-18(15-21(23)25)24(28)26-22-8-4-6-17-5-2-3-7-20(17)22/h2-3,5,7,9-15,22,27H,4,6,8H2,1H3,(H,26,28). The summed E-state index contributed by atoms with van der Waals surface area (Å²) in [6.07, 6.45) is 2.91. The lowest BCUT2D eigenvalue weighted by molar-refractivity contribution is 0.0933. The van der Waals surface area contributed by atoms with Crippen molar-refractivity contribution in [3.8, 4) is 0 Å². The summed E-state index contributed by atoms with van der Waals surface area (Å²) in [5, 5.41) is 3.24. The van der Waals surface area contributed by atoms with E-state index in [1.54, 1.807) is 18.2 Å². The van der Waals surface area contributed by atoms with E-state index in [0.29, 0.717) is 5.56 Å². The maximum Gasteiger partial charge on any atom is 0.261 e. The minimum Gasteiger partial charge on any atom is -0.345 e. The predicted molar refractivity (Wildman–Crippen MR) is 123 cm³/mol. The van der Waals surface area contributed by atoms with Crippen molar-refractivity contribution in [1.29, 1.82) is 0 Å². The van der Waals surface area contributed by atoms with Crippen LogP contribution in [-0.2, 0) is 16.4 Å². The highest BCUT2D eigenvalue weighted by atomic mass is 35.5. The highest BCUT2D eigenvalue weighted by Gasteiger charge is 2.22. The van der Waals surface area contributed by atoms with Gasteiger partial charge >= 0.3 is 0 Å². The van der Waals surface area contributed by atoms with Gasteiger partial charge in [0.25, 0.3) is 15.9 Å². The number of amides is 1. The molecule has 5 nitrogen and oxygen atoms in total. The molecular formula is C24H23ClN2O3S. The summed E-state index contributed by atoms with van der Waals surface area (Å²) in [4.78, 5) is 13.0. The van der Waals surface area contributed by atoms with Crippen LogP contribution in [0.1, 0.15) is 45.9 Å². The van der Waals surface area contributed by atoms with Crippen LogP contribution in [-0.4, -0.2) is 14.3 Å². The molecule has 2 N–H and O–H groups in total. The molecule has 1 unspecified atom stereocenters. The number of sulfonamides is 1. The molecule has 0 aliphatic heterocycles. The Morgan fingerprint density at radius 2 is 1.77 bits per heavy atom. The molecule has 31 heavy (non-hydrogen) atoms. The van der Waals surface area contributed by atoms with Gasteiger partial charge in [0.1, 0.15) is 0 Å². The molecule has 0 spiro atoms. The van der Waals surface area contributed by atoms with Gasteiger partial charge in [0.2, 0.25) is 0 Å². The molecule has 3 aromatic carbocycles. The summed E-state index contributed by atoms with van der Waals surface area (Å²) in [7, 11) is -3.78. The molecule has 4 rings (SSSR count). The van der Waals surface area contributed by atoms with E-state index in [0.717, 1.165) is 30.4 Å². The maximum absolute atomic E-state index is 12.8. The molecule has 3 aromatic rings. The highest BCUT2D eigenvalue weighted by molar-refractivity contribution is 7.92. The van der Waals surface area contributed by atoms with Crippen LogP contribution in [0.4, 0.5) is 5.69 Å². The molecule has 0 heterocycles. The highest BCUT2D eigenvalue weighted by Crippen LogP contribution is 2.30. The molecule has 160 valence electrons. The van der Waals surface area contributed by atoms with Crippen molar-refractivity contribution >= 4 is 33.2 Å². The maximum atomic E-state index is 12.8. The number of aryl methyl sites for hydroxylation is 2. The number of nitrogens with one attached hydrogen (secondary N) is 2. The first-order chi connectivity index (χ1) is 14.8.